The Labute approximate surface area is 154 Å². The molecule has 6 nitrogen and oxygen atoms in total. The van der Waals surface area contributed by atoms with Gasteiger partial charge in [0.15, 0.2) is 9.84 Å². The number of carbonyl (C=O) groups excluding carboxylic acids is 1. The van der Waals surface area contributed by atoms with Gasteiger partial charge in [-0.25, -0.2) is 13.2 Å². The van der Waals surface area contributed by atoms with E-state index in [1.165, 1.54) is 6.26 Å². The average Bonchev–Trinajstić information content (AvgIpc) is 2.88. The molecule has 0 atom stereocenters. The number of carbonyl (C=O) groups is 1. The first-order valence-corrected chi connectivity index (χ1v) is 10.5. The highest BCUT2D eigenvalue weighted by atomic mass is 32.2. The van der Waals surface area contributed by atoms with Gasteiger partial charge < -0.3 is 15.1 Å². The van der Waals surface area contributed by atoms with Gasteiger partial charge >= 0.3 is 6.03 Å². The second kappa shape index (κ2) is 7.78. The summed E-state index contributed by atoms with van der Waals surface area (Å²) in [6, 6.07) is 16.3. The molecular formula is C19H23N3O3S. The maximum atomic E-state index is 12.4. The summed E-state index contributed by atoms with van der Waals surface area (Å²) in [6.45, 7) is 2.84. The zero-order valence-electron chi connectivity index (χ0n) is 14.8. The van der Waals surface area contributed by atoms with E-state index < -0.39 is 9.84 Å². The Morgan fingerprint density at radius 1 is 0.923 bits per heavy atom. The van der Waals surface area contributed by atoms with Crippen LogP contribution in [0.1, 0.15) is 6.42 Å². The van der Waals surface area contributed by atoms with Gasteiger partial charge in [0.25, 0.3) is 0 Å². The number of sulfone groups is 1. The van der Waals surface area contributed by atoms with Crippen molar-refractivity contribution in [1.82, 2.24) is 4.90 Å². The Bertz CT molecular complexity index is 851. The van der Waals surface area contributed by atoms with E-state index in [0.717, 1.165) is 24.3 Å². The molecule has 0 unspecified atom stereocenters. The molecule has 7 heteroatoms. The first-order chi connectivity index (χ1) is 12.4. The van der Waals surface area contributed by atoms with Crippen LogP contribution >= 0.6 is 0 Å². The van der Waals surface area contributed by atoms with Gasteiger partial charge in [0, 0.05) is 43.8 Å². The Morgan fingerprint density at radius 2 is 1.62 bits per heavy atom. The minimum Gasteiger partial charge on any atom is -0.370 e. The lowest BCUT2D eigenvalue weighted by Crippen LogP contribution is -2.38. The molecule has 3 rings (SSSR count). The minimum atomic E-state index is -3.19. The summed E-state index contributed by atoms with van der Waals surface area (Å²) in [5.41, 5.74) is 1.76. The minimum absolute atomic E-state index is 0.0922. The fourth-order valence-electron chi connectivity index (χ4n) is 3.01. The standard InChI is InChI=1S/C19H23N3O3S/c1-26(24,25)18-10-8-17(9-11-18)21-12-5-13-22(15-14-21)19(23)20-16-6-3-2-4-7-16/h2-4,6-11H,5,12-15H2,1H3,(H,20,23). The van der Waals surface area contributed by atoms with E-state index in [-0.39, 0.29) is 6.03 Å². The number of anilines is 2. The van der Waals surface area contributed by atoms with Crippen molar-refractivity contribution < 1.29 is 13.2 Å². The normalized spacial score (nSPS) is 15.4. The molecule has 2 aromatic carbocycles. The van der Waals surface area contributed by atoms with Crippen LogP contribution in [0.25, 0.3) is 0 Å². The summed E-state index contributed by atoms with van der Waals surface area (Å²) < 4.78 is 23.2. The molecule has 1 N–H and O–H groups in total. The van der Waals surface area contributed by atoms with Crippen LogP contribution in [0, 0.1) is 0 Å². The molecule has 0 aromatic heterocycles. The van der Waals surface area contributed by atoms with E-state index in [9.17, 15) is 13.2 Å². The Kier molecular flexibility index (Phi) is 5.46. The van der Waals surface area contributed by atoms with Crippen LogP contribution in [0.5, 0.6) is 0 Å². The van der Waals surface area contributed by atoms with E-state index in [4.69, 9.17) is 0 Å². The third-order valence-electron chi connectivity index (χ3n) is 4.44. The zero-order valence-corrected chi connectivity index (χ0v) is 15.6. The summed E-state index contributed by atoms with van der Waals surface area (Å²) in [6.07, 6.45) is 2.06. The summed E-state index contributed by atoms with van der Waals surface area (Å²) >= 11 is 0. The van der Waals surface area contributed by atoms with Crippen molar-refractivity contribution in [1.29, 1.82) is 0 Å². The van der Waals surface area contributed by atoms with Gasteiger partial charge in [0.05, 0.1) is 4.90 Å². The monoisotopic (exact) mass is 373 g/mol. The van der Waals surface area contributed by atoms with Crippen LogP contribution in [-0.4, -0.2) is 51.8 Å². The van der Waals surface area contributed by atoms with Crippen LogP contribution in [0.4, 0.5) is 16.2 Å². The molecule has 1 saturated heterocycles. The average molecular weight is 373 g/mol. The van der Waals surface area contributed by atoms with E-state index in [0.29, 0.717) is 24.5 Å². The molecule has 2 amide bonds. The molecule has 0 spiro atoms. The van der Waals surface area contributed by atoms with E-state index >= 15 is 0 Å². The largest absolute Gasteiger partial charge is 0.370 e. The number of para-hydroxylation sites is 1. The maximum Gasteiger partial charge on any atom is 0.321 e. The second-order valence-electron chi connectivity index (χ2n) is 6.39. The number of benzene rings is 2. The van der Waals surface area contributed by atoms with Gasteiger partial charge in [-0.15, -0.1) is 0 Å². The third-order valence-corrected chi connectivity index (χ3v) is 5.57. The van der Waals surface area contributed by atoms with Crippen LogP contribution in [-0.2, 0) is 9.84 Å². The van der Waals surface area contributed by atoms with Crippen LogP contribution in [0.2, 0.25) is 0 Å². The summed E-state index contributed by atoms with van der Waals surface area (Å²) in [5, 5.41) is 2.92. The van der Waals surface area contributed by atoms with Gasteiger partial charge in [-0.05, 0) is 42.8 Å². The number of rotatable bonds is 3. The van der Waals surface area contributed by atoms with Gasteiger partial charge in [-0.2, -0.15) is 0 Å². The van der Waals surface area contributed by atoms with Crippen molar-refractivity contribution in [2.75, 3.05) is 42.7 Å². The van der Waals surface area contributed by atoms with Gasteiger partial charge in [-0.1, -0.05) is 18.2 Å². The maximum absolute atomic E-state index is 12.4. The number of amides is 2. The van der Waals surface area contributed by atoms with Crippen molar-refractivity contribution >= 4 is 27.2 Å². The molecule has 0 radical (unpaired) electrons. The van der Waals surface area contributed by atoms with Gasteiger partial charge in [0.2, 0.25) is 0 Å². The first kappa shape index (κ1) is 18.3. The smallest absolute Gasteiger partial charge is 0.321 e. The molecule has 0 bridgehead atoms. The molecule has 138 valence electrons. The highest BCUT2D eigenvalue weighted by Gasteiger charge is 2.19. The van der Waals surface area contributed by atoms with Gasteiger partial charge in [0.1, 0.15) is 0 Å². The summed E-state index contributed by atoms with van der Waals surface area (Å²) in [5.74, 6) is 0. The number of hydrogen-bond acceptors (Lipinski definition) is 4. The Hall–Kier alpha value is -2.54. The van der Waals surface area contributed by atoms with Crippen molar-refractivity contribution in [3.05, 3.63) is 54.6 Å². The fraction of sp³-hybridized carbons (Fsp3) is 0.316. The van der Waals surface area contributed by atoms with E-state index in [1.54, 1.807) is 12.1 Å². The first-order valence-electron chi connectivity index (χ1n) is 8.59. The summed E-state index contributed by atoms with van der Waals surface area (Å²) in [4.78, 5) is 16.8. The quantitative estimate of drug-likeness (QED) is 0.898. The van der Waals surface area contributed by atoms with Crippen LogP contribution < -0.4 is 10.2 Å². The number of urea groups is 1. The number of hydrogen-bond donors (Lipinski definition) is 1. The highest BCUT2D eigenvalue weighted by molar-refractivity contribution is 7.90. The lowest BCUT2D eigenvalue weighted by molar-refractivity contribution is 0.215. The van der Waals surface area contributed by atoms with Crippen molar-refractivity contribution in [3.8, 4) is 0 Å². The molecule has 1 aliphatic rings. The topological polar surface area (TPSA) is 69.7 Å². The molecule has 1 fully saturated rings. The molecule has 1 aliphatic heterocycles. The van der Waals surface area contributed by atoms with Gasteiger partial charge in [-0.3, -0.25) is 0 Å². The Morgan fingerprint density at radius 3 is 2.27 bits per heavy atom. The van der Waals surface area contributed by atoms with E-state index in [1.807, 2.05) is 47.4 Å². The fourth-order valence-corrected chi connectivity index (χ4v) is 3.64. The molecule has 2 aromatic rings. The predicted octanol–water partition coefficient (Wildman–Crippen LogP) is 2.83. The zero-order chi connectivity index (χ0) is 18.6. The number of nitrogens with one attached hydrogen (secondary N) is 1. The third kappa shape index (κ3) is 4.54. The van der Waals surface area contributed by atoms with Crippen molar-refractivity contribution in [2.45, 2.75) is 11.3 Å². The second-order valence-corrected chi connectivity index (χ2v) is 8.41. The molecular weight excluding hydrogens is 350 g/mol. The predicted molar refractivity (Wildman–Crippen MR) is 103 cm³/mol. The van der Waals surface area contributed by atoms with Crippen LogP contribution in [0.3, 0.4) is 0 Å². The van der Waals surface area contributed by atoms with E-state index in [2.05, 4.69) is 10.2 Å². The molecule has 0 saturated carbocycles. The number of nitrogens with zero attached hydrogens (tertiary/aromatic N) is 2. The molecule has 0 aliphatic carbocycles. The highest BCUT2D eigenvalue weighted by Crippen LogP contribution is 2.20. The SMILES string of the molecule is CS(=O)(=O)c1ccc(N2CCCN(C(=O)Nc3ccccc3)CC2)cc1. The molecule has 26 heavy (non-hydrogen) atoms. The van der Waals surface area contributed by atoms with Crippen LogP contribution in [0.15, 0.2) is 59.5 Å². The molecule has 1 heterocycles. The summed E-state index contributed by atoms with van der Waals surface area (Å²) in [7, 11) is -3.19. The van der Waals surface area contributed by atoms with Crippen molar-refractivity contribution in [2.24, 2.45) is 0 Å². The lowest BCUT2D eigenvalue weighted by atomic mass is 10.2. The lowest BCUT2D eigenvalue weighted by Gasteiger charge is -2.24. The van der Waals surface area contributed by atoms with Crippen molar-refractivity contribution in [3.63, 3.8) is 0 Å². The Balaban J connectivity index is 1.62.